The maximum Gasteiger partial charge on any atom is 0.137 e. The molecular weight excluding hydrogens is 291 g/mol. The molecule has 1 aromatic carbocycles. The second-order valence-electron chi connectivity index (χ2n) is 3.63. The molecule has 0 aliphatic heterocycles. The van der Waals surface area contributed by atoms with E-state index >= 15 is 0 Å². The van der Waals surface area contributed by atoms with E-state index in [9.17, 15) is 0 Å². The fourth-order valence-electron chi connectivity index (χ4n) is 1.25. The lowest BCUT2D eigenvalue weighted by atomic mass is 10.2. The van der Waals surface area contributed by atoms with Crippen LogP contribution in [0.2, 0.25) is 0 Å². The lowest BCUT2D eigenvalue weighted by molar-refractivity contribution is 0.0549. The van der Waals surface area contributed by atoms with Crippen molar-refractivity contribution in [3.8, 4) is 5.75 Å². The topological polar surface area (TPSA) is 18.5 Å². The monoisotopic (exact) mass is 306 g/mol. The zero-order valence-electron chi connectivity index (χ0n) is 9.50. The van der Waals surface area contributed by atoms with Crippen LogP contribution in [0.4, 0.5) is 0 Å². The second kappa shape index (κ2) is 7.15. The van der Waals surface area contributed by atoms with Gasteiger partial charge >= 0.3 is 0 Å². The first kappa shape index (κ1) is 13.8. The lowest BCUT2D eigenvalue weighted by Gasteiger charge is -2.13. The average molecular weight is 308 g/mol. The van der Waals surface area contributed by atoms with E-state index in [4.69, 9.17) is 21.1 Å². The maximum absolute atomic E-state index is 5.84. The Morgan fingerprint density at radius 1 is 1.31 bits per heavy atom. The Labute approximate surface area is 110 Å². The molecule has 0 bridgehead atoms. The SMILES string of the molecule is CC(C)OCCOc1c(Br)cccc1CCl. The van der Waals surface area contributed by atoms with Gasteiger partial charge < -0.3 is 9.47 Å². The van der Waals surface area contributed by atoms with E-state index in [-0.39, 0.29) is 6.10 Å². The molecule has 0 spiro atoms. The minimum absolute atomic E-state index is 0.232. The smallest absolute Gasteiger partial charge is 0.137 e. The van der Waals surface area contributed by atoms with E-state index in [1.807, 2.05) is 32.0 Å². The van der Waals surface area contributed by atoms with Crippen molar-refractivity contribution in [2.24, 2.45) is 0 Å². The molecule has 0 saturated carbocycles. The Kier molecular flexibility index (Phi) is 6.17. The first-order valence-electron chi connectivity index (χ1n) is 5.23. The van der Waals surface area contributed by atoms with Crippen LogP contribution < -0.4 is 4.74 Å². The highest BCUT2D eigenvalue weighted by Crippen LogP contribution is 2.30. The molecule has 2 nitrogen and oxygen atoms in total. The molecule has 4 heteroatoms. The Morgan fingerprint density at radius 3 is 2.69 bits per heavy atom. The summed E-state index contributed by atoms with van der Waals surface area (Å²) in [5, 5.41) is 0. The van der Waals surface area contributed by atoms with Crippen molar-refractivity contribution < 1.29 is 9.47 Å². The van der Waals surface area contributed by atoms with E-state index in [2.05, 4.69) is 15.9 Å². The van der Waals surface area contributed by atoms with E-state index < -0.39 is 0 Å². The van der Waals surface area contributed by atoms with Gasteiger partial charge in [-0.15, -0.1) is 11.6 Å². The first-order chi connectivity index (χ1) is 7.65. The van der Waals surface area contributed by atoms with Crippen LogP contribution in [0.5, 0.6) is 5.75 Å². The Hall–Kier alpha value is -0.250. The van der Waals surface area contributed by atoms with Crippen molar-refractivity contribution in [3.63, 3.8) is 0 Å². The van der Waals surface area contributed by atoms with Crippen molar-refractivity contribution in [1.82, 2.24) is 0 Å². The van der Waals surface area contributed by atoms with Gasteiger partial charge in [0, 0.05) is 5.56 Å². The average Bonchev–Trinajstić information content (AvgIpc) is 2.25. The van der Waals surface area contributed by atoms with Crippen LogP contribution in [-0.2, 0) is 10.6 Å². The van der Waals surface area contributed by atoms with Crippen LogP contribution >= 0.6 is 27.5 Å². The molecule has 0 aromatic heterocycles. The highest BCUT2D eigenvalue weighted by atomic mass is 79.9. The molecule has 0 aliphatic carbocycles. The molecule has 1 rings (SSSR count). The molecule has 0 N–H and O–H groups in total. The fraction of sp³-hybridized carbons (Fsp3) is 0.500. The van der Waals surface area contributed by atoms with Crippen LogP contribution in [0.3, 0.4) is 0 Å². The van der Waals surface area contributed by atoms with Gasteiger partial charge in [-0.3, -0.25) is 0 Å². The van der Waals surface area contributed by atoms with Crippen molar-refractivity contribution >= 4 is 27.5 Å². The number of hydrogen-bond acceptors (Lipinski definition) is 2. The molecule has 0 aliphatic rings. The largest absolute Gasteiger partial charge is 0.490 e. The Bertz CT molecular complexity index is 329. The van der Waals surface area contributed by atoms with E-state index in [1.165, 1.54) is 0 Å². The van der Waals surface area contributed by atoms with Crippen molar-refractivity contribution in [3.05, 3.63) is 28.2 Å². The summed E-state index contributed by atoms with van der Waals surface area (Å²) in [5.74, 6) is 1.25. The summed E-state index contributed by atoms with van der Waals surface area (Å²) in [6, 6.07) is 5.84. The number of para-hydroxylation sites is 1. The molecule has 16 heavy (non-hydrogen) atoms. The van der Waals surface area contributed by atoms with Gasteiger partial charge in [-0.05, 0) is 35.8 Å². The van der Waals surface area contributed by atoms with Crippen LogP contribution in [0.15, 0.2) is 22.7 Å². The first-order valence-corrected chi connectivity index (χ1v) is 6.55. The molecule has 0 amide bonds. The number of ether oxygens (including phenoxy) is 2. The molecule has 1 aromatic rings. The quantitative estimate of drug-likeness (QED) is 0.584. The molecule has 0 unspecified atom stereocenters. The minimum Gasteiger partial charge on any atom is -0.490 e. The van der Waals surface area contributed by atoms with Crippen LogP contribution in [0, 0.1) is 0 Å². The van der Waals surface area contributed by atoms with Crippen molar-refractivity contribution in [1.29, 1.82) is 0 Å². The van der Waals surface area contributed by atoms with Gasteiger partial charge in [-0.2, -0.15) is 0 Å². The zero-order chi connectivity index (χ0) is 12.0. The van der Waals surface area contributed by atoms with Gasteiger partial charge in [0.05, 0.1) is 23.1 Å². The third kappa shape index (κ3) is 4.32. The standard InChI is InChI=1S/C12H16BrClO2/c1-9(2)15-6-7-16-12-10(8-14)4-3-5-11(12)13/h3-5,9H,6-8H2,1-2H3. The summed E-state index contributed by atoms with van der Waals surface area (Å²) in [5.41, 5.74) is 0.987. The van der Waals surface area contributed by atoms with Gasteiger partial charge in [0.1, 0.15) is 12.4 Å². The van der Waals surface area contributed by atoms with E-state index in [0.29, 0.717) is 19.1 Å². The third-order valence-corrected chi connectivity index (χ3v) is 2.89. The van der Waals surface area contributed by atoms with Gasteiger partial charge in [0.15, 0.2) is 0 Å². The van der Waals surface area contributed by atoms with Gasteiger partial charge in [0.2, 0.25) is 0 Å². The summed E-state index contributed by atoms with van der Waals surface area (Å²) in [6.07, 6.45) is 0.232. The molecular formula is C12H16BrClO2. The van der Waals surface area contributed by atoms with E-state index in [0.717, 1.165) is 15.8 Å². The van der Waals surface area contributed by atoms with Crippen LogP contribution in [0.25, 0.3) is 0 Å². The van der Waals surface area contributed by atoms with E-state index in [1.54, 1.807) is 0 Å². The molecule has 0 fully saturated rings. The predicted octanol–water partition coefficient (Wildman–Crippen LogP) is 3.99. The number of halogens is 2. The number of hydrogen-bond donors (Lipinski definition) is 0. The number of rotatable bonds is 6. The van der Waals surface area contributed by atoms with Crippen molar-refractivity contribution in [2.45, 2.75) is 25.8 Å². The van der Waals surface area contributed by atoms with Gasteiger partial charge in [-0.25, -0.2) is 0 Å². The molecule has 0 heterocycles. The molecule has 0 radical (unpaired) electrons. The summed E-state index contributed by atoms with van der Waals surface area (Å²) in [4.78, 5) is 0. The molecule has 90 valence electrons. The van der Waals surface area contributed by atoms with Gasteiger partial charge in [-0.1, -0.05) is 12.1 Å². The zero-order valence-corrected chi connectivity index (χ0v) is 11.8. The lowest BCUT2D eigenvalue weighted by Crippen LogP contribution is -2.12. The van der Waals surface area contributed by atoms with Crippen LogP contribution in [0.1, 0.15) is 19.4 Å². The molecule has 0 atom stereocenters. The third-order valence-electron chi connectivity index (χ3n) is 1.97. The Morgan fingerprint density at radius 2 is 2.06 bits per heavy atom. The summed E-state index contributed by atoms with van der Waals surface area (Å²) in [7, 11) is 0. The Balaban J connectivity index is 2.52. The fourth-order valence-corrected chi connectivity index (χ4v) is 1.98. The maximum atomic E-state index is 5.84. The number of benzene rings is 1. The van der Waals surface area contributed by atoms with Crippen LogP contribution in [-0.4, -0.2) is 19.3 Å². The summed E-state index contributed by atoms with van der Waals surface area (Å²) in [6.45, 7) is 5.12. The molecule has 0 saturated heterocycles. The number of alkyl halides is 1. The highest BCUT2D eigenvalue weighted by molar-refractivity contribution is 9.10. The predicted molar refractivity (Wildman–Crippen MR) is 70.3 cm³/mol. The second-order valence-corrected chi connectivity index (χ2v) is 4.75. The van der Waals surface area contributed by atoms with Crippen molar-refractivity contribution in [2.75, 3.05) is 13.2 Å². The normalized spacial score (nSPS) is 10.8. The summed E-state index contributed by atoms with van der Waals surface area (Å²) >= 11 is 9.28. The summed E-state index contributed by atoms with van der Waals surface area (Å²) < 4.78 is 12.0. The highest BCUT2D eigenvalue weighted by Gasteiger charge is 2.06. The minimum atomic E-state index is 0.232. The van der Waals surface area contributed by atoms with Gasteiger partial charge in [0.25, 0.3) is 0 Å².